The van der Waals surface area contributed by atoms with Crippen LogP contribution < -0.4 is 10.1 Å². The number of sulfonamides is 1. The molecule has 0 radical (unpaired) electrons. The number of carbonyl (C=O) groups excluding carboxylic acids is 1. The third-order valence-corrected chi connectivity index (χ3v) is 9.24. The van der Waals surface area contributed by atoms with Gasteiger partial charge >= 0.3 is 5.97 Å². The highest BCUT2D eigenvalue weighted by molar-refractivity contribution is 7.89. The highest BCUT2D eigenvalue weighted by Gasteiger charge is 2.40. The Kier molecular flexibility index (Phi) is 8.46. The van der Waals surface area contributed by atoms with Crippen LogP contribution in [-0.2, 0) is 26.2 Å². The number of aliphatic carboxylic acids is 1. The van der Waals surface area contributed by atoms with Crippen LogP contribution in [0, 0.1) is 13.8 Å². The standard InChI is InChI=1S/C26H27Cl2N3O6S/c1-15-13-16(2)30-25-17(15)5-3-7-21(25)37-14-18-19(27)8-9-22(24(18)28)38(35,36)31-12-4-6-20(31)26(34)29-11-10-23(32)33/h3,5,7-9,13,20H,4,6,10-12,14H2,1-2H3,(H,29,34)(H,32,33). The summed E-state index contributed by atoms with van der Waals surface area (Å²) in [5, 5.41) is 12.4. The summed E-state index contributed by atoms with van der Waals surface area (Å²) in [6.45, 7) is 3.81. The molecule has 2 aromatic carbocycles. The van der Waals surface area contributed by atoms with Gasteiger partial charge in [0, 0.05) is 34.8 Å². The number of aryl methyl sites for hydroxylation is 2. The minimum Gasteiger partial charge on any atom is -0.487 e. The lowest BCUT2D eigenvalue weighted by atomic mass is 10.1. The normalized spacial score (nSPS) is 16.1. The van der Waals surface area contributed by atoms with Gasteiger partial charge in [0.1, 0.15) is 28.8 Å². The van der Waals surface area contributed by atoms with Crippen molar-refractivity contribution in [3.8, 4) is 5.75 Å². The quantitative estimate of drug-likeness (QED) is 0.382. The number of carboxylic acid groups (broad SMARTS) is 1. The van der Waals surface area contributed by atoms with Crippen LogP contribution in [0.5, 0.6) is 5.75 Å². The first kappa shape index (κ1) is 28.1. The van der Waals surface area contributed by atoms with Gasteiger partial charge in [-0.2, -0.15) is 4.31 Å². The van der Waals surface area contributed by atoms with Gasteiger partial charge in [0.25, 0.3) is 0 Å². The van der Waals surface area contributed by atoms with E-state index < -0.39 is 27.9 Å². The Bertz CT molecular complexity index is 1510. The summed E-state index contributed by atoms with van der Waals surface area (Å²) in [5.74, 6) is -1.10. The first-order valence-electron chi connectivity index (χ1n) is 12.0. The summed E-state index contributed by atoms with van der Waals surface area (Å²) in [4.78, 5) is 27.8. The van der Waals surface area contributed by atoms with Crippen LogP contribution in [0.25, 0.3) is 10.9 Å². The zero-order valence-corrected chi connectivity index (χ0v) is 23.2. The lowest BCUT2D eigenvalue weighted by Gasteiger charge is -2.24. The maximum Gasteiger partial charge on any atom is 0.305 e. The number of hydrogen-bond donors (Lipinski definition) is 2. The Morgan fingerprint density at radius 2 is 1.97 bits per heavy atom. The van der Waals surface area contributed by atoms with E-state index in [0.29, 0.717) is 24.1 Å². The molecule has 12 heteroatoms. The van der Waals surface area contributed by atoms with Crippen molar-refractivity contribution in [2.45, 2.75) is 50.7 Å². The van der Waals surface area contributed by atoms with Crippen molar-refractivity contribution >= 4 is 56.0 Å². The molecule has 0 saturated carbocycles. The summed E-state index contributed by atoms with van der Waals surface area (Å²) < 4.78 is 34.4. The van der Waals surface area contributed by atoms with Gasteiger partial charge in [-0.3, -0.25) is 9.59 Å². The van der Waals surface area contributed by atoms with Gasteiger partial charge in [0.15, 0.2) is 0 Å². The molecule has 1 aliphatic rings. The first-order valence-corrected chi connectivity index (χ1v) is 14.2. The number of aromatic nitrogens is 1. The van der Waals surface area contributed by atoms with Crippen LogP contribution in [0.2, 0.25) is 10.0 Å². The Balaban J connectivity index is 1.60. The summed E-state index contributed by atoms with van der Waals surface area (Å²) >= 11 is 13.0. The zero-order valence-electron chi connectivity index (χ0n) is 20.8. The van der Waals surface area contributed by atoms with Gasteiger partial charge in [-0.25, -0.2) is 13.4 Å². The number of carbonyl (C=O) groups is 2. The molecule has 1 unspecified atom stereocenters. The van der Waals surface area contributed by atoms with Crippen molar-refractivity contribution in [3.05, 3.63) is 63.3 Å². The molecule has 1 amide bonds. The predicted octanol–water partition coefficient (Wildman–Crippen LogP) is 4.48. The molecule has 38 heavy (non-hydrogen) atoms. The minimum absolute atomic E-state index is 0.0880. The van der Waals surface area contributed by atoms with Crippen LogP contribution in [0.4, 0.5) is 0 Å². The van der Waals surface area contributed by atoms with Crippen molar-refractivity contribution in [1.29, 1.82) is 0 Å². The molecule has 1 saturated heterocycles. The van der Waals surface area contributed by atoms with Crippen molar-refractivity contribution in [2.75, 3.05) is 13.1 Å². The van der Waals surface area contributed by atoms with Crippen LogP contribution in [0.3, 0.4) is 0 Å². The van der Waals surface area contributed by atoms with E-state index in [1.165, 1.54) is 12.1 Å². The highest BCUT2D eigenvalue weighted by Crippen LogP contribution is 2.36. The number of carboxylic acids is 1. The number of para-hydroxylation sites is 1. The highest BCUT2D eigenvalue weighted by atomic mass is 35.5. The molecule has 2 N–H and O–H groups in total. The number of halogens is 2. The molecule has 1 aliphatic heterocycles. The van der Waals surface area contributed by atoms with Crippen LogP contribution in [-0.4, -0.2) is 53.8 Å². The average molecular weight is 580 g/mol. The molecular weight excluding hydrogens is 553 g/mol. The van der Waals surface area contributed by atoms with E-state index >= 15 is 0 Å². The number of nitrogens with one attached hydrogen (secondary N) is 1. The van der Waals surface area contributed by atoms with E-state index in [1.807, 2.05) is 32.0 Å². The maximum atomic E-state index is 13.6. The van der Waals surface area contributed by atoms with Crippen molar-refractivity contribution in [3.63, 3.8) is 0 Å². The van der Waals surface area contributed by atoms with Gasteiger partial charge in [0.05, 0.1) is 11.4 Å². The molecule has 4 rings (SSSR count). The minimum atomic E-state index is -4.18. The van der Waals surface area contributed by atoms with Crippen molar-refractivity contribution < 1.29 is 27.9 Å². The number of hydrogen-bond acceptors (Lipinski definition) is 6. The van der Waals surface area contributed by atoms with Crippen molar-refractivity contribution in [1.82, 2.24) is 14.6 Å². The average Bonchev–Trinajstić information content (AvgIpc) is 3.35. The molecule has 1 aromatic heterocycles. The van der Waals surface area contributed by atoms with Gasteiger partial charge in [-0.05, 0) is 56.5 Å². The fourth-order valence-corrected chi connectivity index (χ4v) is 7.08. The number of benzene rings is 2. The summed E-state index contributed by atoms with van der Waals surface area (Å²) in [6.07, 6.45) is 0.527. The lowest BCUT2D eigenvalue weighted by molar-refractivity contribution is -0.137. The fraction of sp³-hybridized carbons (Fsp3) is 0.346. The molecule has 3 aromatic rings. The lowest BCUT2D eigenvalue weighted by Crippen LogP contribution is -2.46. The zero-order chi connectivity index (χ0) is 27.6. The number of rotatable bonds is 9. The van der Waals surface area contributed by atoms with E-state index in [1.54, 1.807) is 6.07 Å². The van der Waals surface area contributed by atoms with Crippen LogP contribution in [0.1, 0.15) is 36.1 Å². The molecule has 0 spiro atoms. The number of ether oxygens (including phenoxy) is 1. The number of pyridine rings is 1. The third kappa shape index (κ3) is 5.73. The fourth-order valence-electron chi connectivity index (χ4n) is 4.56. The van der Waals surface area contributed by atoms with Crippen molar-refractivity contribution in [2.24, 2.45) is 0 Å². The second-order valence-corrected chi connectivity index (χ2v) is 11.7. The van der Waals surface area contributed by atoms with Crippen LogP contribution >= 0.6 is 23.2 Å². The molecule has 2 heterocycles. The van der Waals surface area contributed by atoms with E-state index in [2.05, 4.69) is 10.3 Å². The van der Waals surface area contributed by atoms with E-state index in [4.69, 9.17) is 33.0 Å². The SMILES string of the molecule is Cc1cc(C)c2cccc(OCc3c(Cl)ccc(S(=O)(=O)N4CCCC4C(=O)NCCC(=O)O)c3Cl)c2n1. The van der Waals surface area contributed by atoms with Gasteiger partial charge < -0.3 is 15.2 Å². The molecule has 1 fully saturated rings. The van der Waals surface area contributed by atoms with Gasteiger partial charge in [0.2, 0.25) is 15.9 Å². The van der Waals surface area contributed by atoms with E-state index in [0.717, 1.165) is 20.9 Å². The molecule has 0 aliphatic carbocycles. The topological polar surface area (TPSA) is 126 Å². The second kappa shape index (κ2) is 11.4. The Morgan fingerprint density at radius 3 is 2.71 bits per heavy atom. The molecule has 0 bridgehead atoms. The molecular formula is C26H27Cl2N3O6S. The Morgan fingerprint density at radius 1 is 1.21 bits per heavy atom. The van der Waals surface area contributed by atoms with E-state index in [9.17, 15) is 18.0 Å². The number of fused-ring (bicyclic) bond motifs is 1. The molecule has 1 atom stereocenters. The predicted molar refractivity (Wildman–Crippen MR) is 144 cm³/mol. The number of nitrogens with zero attached hydrogens (tertiary/aromatic N) is 2. The van der Waals surface area contributed by atoms with E-state index in [-0.39, 0.29) is 46.6 Å². The summed E-state index contributed by atoms with van der Waals surface area (Å²) in [6, 6.07) is 9.33. The number of amides is 1. The maximum absolute atomic E-state index is 13.6. The second-order valence-electron chi connectivity index (χ2n) is 9.07. The third-order valence-electron chi connectivity index (χ3n) is 6.39. The Hall–Kier alpha value is -2.92. The monoisotopic (exact) mass is 579 g/mol. The molecule has 202 valence electrons. The smallest absolute Gasteiger partial charge is 0.305 e. The molecule has 9 nitrogen and oxygen atoms in total. The van der Waals surface area contributed by atoms with Gasteiger partial charge in [-0.1, -0.05) is 35.3 Å². The summed E-state index contributed by atoms with van der Waals surface area (Å²) in [5.41, 5.74) is 2.85. The van der Waals surface area contributed by atoms with Crippen LogP contribution in [0.15, 0.2) is 41.3 Å². The largest absolute Gasteiger partial charge is 0.487 e. The Labute approximate surface area is 230 Å². The summed E-state index contributed by atoms with van der Waals surface area (Å²) in [7, 11) is -4.18. The first-order chi connectivity index (χ1) is 18.0. The van der Waals surface area contributed by atoms with Gasteiger partial charge in [-0.15, -0.1) is 0 Å².